The van der Waals surface area contributed by atoms with Gasteiger partial charge in [-0.15, -0.1) is 5.10 Å². The fourth-order valence-electron chi connectivity index (χ4n) is 3.43. The number of anilines is 1. The lowest BCUT2D eigenvalue weighted by Gasteiger charge is -2.25. The van der Waals surface area contributed by atoms with Crippen LogP contribution in [0.15, 0.2) is 16.7 Å². The summed E-state index contributed by atoms with van der Waals surface area (Å²) in [7, 11) is 0. The number of carbonyl (C=O) groups excluding carboxylic acids is 1. The van der Waals surface area contributed by atoms with Gasteiger partial charge in [-0.3, -0.25) is 4.79 Å². The van der Waals surface area contributed by atoms with E-state index in [1.165, 1.54) is 0 Å². The predicted octanol–water partition coefficient (Wildman–Crippen LogP) is 2.23. The standard InChI is InChI=1S/C18H25N5O2/c1-12-6-7-16(20-19-12)22-8-5-9-23(11-10-22)18(24)13(2)17-14(3)21-25-15(17)4/h6-7,13H,5,8-11H2,1-4H3/t13-/m1/s1. The van der Waals surface area contributed by atoms with Gasteiger partial charge in [-0.2, -0.15) is 5.10 Å². The number of aryl methyl sites for hydroxylation is 3. The number of aromatic nitrogens is 3. The molecular formula is C18H25N5O2. The van der Waals surface area contributed by atoms with Gasteiger partial charge in [0.25, 0.3) is 0 Å². The van der Waals surface area contributed by atoms with Crippen molar-refractivity contribution in [3.05, 3.63) is 34.8 Å². The minimum Gasteiger partial charge on any atom is -0.361 e. The molecule has 0 unspecified atom stereocenters. The molecule has 2 aromatic rings. The zero-order valence-corrected chi connectivity index (χ0v) is 15.3. The summed E-state index contributed by atoms with van der Waals surface area (Å²) in [5.74, 6) is 1.49. The highest BCUT2D eigenvalue weighted by Crippen LogP contribution is 2.25. The molecule has 7 nitrogen and oxygen atoms in total. The third-order valence-corrected chi connectivity index (χ3v) is 4.81. The topological polar surface area (TPSA) is 75.4 Å². The van der Waals surface area contributed by atoms with E-state index in [0.717, 1.165) is 54.6 Å². The molecule has 7 heteroatoms. The highest BCUT2D eigenvalue weighted by atomic mass is 16.5. The second-order valence-corrected chi connectivity index (χ2v) is 6.66. The monoisotopic (exact) mass is 343 g/mol. The first-order valence-electron chi connectivity index (χ1n) is 8.74. The third-order valence-electron chi connectivity index (χ3n) is 4.81. The molecular weight excluding hydrogens is 318 g/mol. The van der Waals surface area contributed by atoms with Crippen molar-refractivity contribution in [2.24, 2.45) is 0 Å². The van der Waals surface area contributed by atoms with E-state index in [2.05, 4.69) is 20.3 Å². The molecule has 1 amide bonds. The molecule has 0 saturated carbocycles. The van der Waals surface area contributed by atoms with Crippen LogP contribution in [0.25, 0.3) is 0 Å². The van der Waals surface area contributed by atoms with Crippen LogP contribution in [0.4, 0.5) is 5.82 Å². The van der Waals surface area contributed by atoms with Gasteiger partial charge in [0.1, 0.15) is 5.76 Å². The maximum Gasteiger partial charge on any atom is 0.230 e. The molecule has 134 valence electrons. The van der Waals surface area contributed by atoms with Crippen molar-refractivity contribution >= 4 is 11.7 Å². The first-order chi connectivity index (χ1) is 12.0. The number of rotatable bonds is 3. The average Bonchev–Trinajstić information content (AvgIpc) is 2.80. The fraction of sp³-hybridized carbons (Fsp3) is 0.556. The Morgan fingerprint density at radius 2 is 1.92 bits per heavy atom. The van der Waals surface area contributed by atoms with Crippen LogP contribution < -0.4 is 4.90 Å². The maximum absolute atomic E-state index is 13.0. The molecule has 3 heterocycles. The summed E-state index contributed by atoms with van der Waals surface area (Å²) in [4.78, 5) is 17.1. The Hall–Kier alpha value is -2.44. The Morgan fingerprint density at radius 3 is 2.56 bits per heavy atom. The largest absolute Gasteiger partial charge is 0.361 e. The van der Waals surface area contributed by atoms with Crippen molar-refractivity contribution in [1.29, 1.82) is 0 Å². The van der Waals surface area contributed by atoms with Gasteiger partial charge < -0.3 is 14.3 Å². The van der Waals surface area contributed by atoms with Gasteiger partial charge in [0.05, 0.1) is 17.3 Å². The van der Waals surface area contributed by atoms with Gasteiger partial charge in [0.15, 0.2) is 5.82 Å². The minimum absolute atomic E-state index is 0.131. The summed E-state index contributed by atoms with van der Waals surface area (Å²) in [6, 6.07) is 3.96. The van der Waals surface area contributed by atoms with Gasteiger partial charge in [0, 0.05) is 31.7 Å². The van der Waals surface area contributed by atoms with Crippen LogP contribution in [0, 0.1) is 20.8 Å². The molecule has 1 fully saturated rings. The number of amides is 1. The quantitative estimate of drug-likeness (QED) is 0.851. The van der Waals surface area contributed by atoms with E-state index in [0.29, 0.717) is 6.54 Å². The summed E-state index contributed by atoms with van der Waals surface area (Å²) in [6.07, 6.45) is 0.912. The Labute approximate surface area is 148 Å². The van der Waals surface area contributed by atoms with E-state index in [1.807, 2.05) is 44.7 Å². The highest BCUT2D eigenvalue weighted by molar-refractivity contribution is 5.84. The smallest absolute Gasteiger partial charge is 0.230 e. The van der Waals surface area contributed by atoms with Crippen LogP contribution in [-0.4, -0.2) is 52.3 Å². The predicted molar refractivity (Wildman–Crippen MR) is 94.6 cm³/mol. The van der Waals surface area contributed by atoms with Gasteiger partial charge in [-0.05, 0) is 46.2 Å². The van der Waals surface area contributed by atoms with Crippen LogP contribution in [0.2, 0.25) is 0 Å². The van der Waals surface area contributed by atoms with Crippen LogP contribution >= 0.6 is 0 Å². The van der Waals surface area contributed by atoms with Crippen LogP contribution in [-0.2, 0) is 4.79 Å². The van der Waals surface area contributed by atoms with Gasteiger partial charge in [0.2, 0.25) is 5.91 Å². The molecule has 0 bridgehead atoms. The van der Waals surface area contributed by atoms with Crippen molar-refractivity contribution in [2.45, 2.75) is 40.0 Å². The van der Waals surface area contributed by atoms with Crippen molar-refractivity contribution < 1.29 is 9.32 Å². The van der Waals surface area contributed by atoms with E-state index in [9.17, 15) is 4.79 Å². The lowest BCUT2D eigenvalue weighted by atomic mass is 9.98. The van der Waals surface area contributed by atoms with Crippen LogP contribution in [0.5, 0.6) is 0 Å². The molecule has 0 N–H and O–H groups in total. The minimum atomic E-state index is -0.239. The third kappa shape index (κ3) is 3.65. The van der Waals surface area contributed by atoms with Crippen molar-refractivity contribution in [3.63, 3.8) is 0 Å². The normalized spacial score (nSPS) is 16.6. The van der Waals surface area contributed by atoms with E-state index >= 15 is 0 Å². The number of nitrogens with zero attached hydrogens (tertiary/aromatic N) is 5. The zero-order valence-electron chi connectivity index (χ0n) is 15.3. The SMILES string of the molecule is Cc1ccc(N2CCCN(C(=O)[C@H](C)c3c(C)noc3C)CC2)nn1. The van der Waals surface area contributed by atoms with E-state index in [4.69, 9.17) is 4.52 Å². The molecule has 0 spiro atoms. The molecule has 1 aliphatic rings. The zero-order chi connectivity index (χ0) is 18.0. The highest BCUT2D eigenvalue weighted by Gasteiger charge is 2.28. The molecule has 0 radical (unpaired) electrons. The Morgan fingerprint density at radius 1 is 1.12 bits per heavy atom. The summed E-state index contributed by atoms with van der Waals surface area (Å²) < 4.78 is 5.22. The van der Waals surface area contributed by atoms with E-state index < -0.39 is 0 Å². The van der Waals surface area contributed by atoms with E-state index in [-0.39, 0.29) is 11.8 Å². The summed E-state index contributed by atoms with van der Waals surface area (Å²) in [5.41, 5.74) is 2.61. The lowest BCUT2D eigenvalue weighted by Crippen LogP contribution is -2.38. The molecule has 1 atom stereocenters. The fourth-order valence-corrected chi connectivity index (χ4v) is 3.43. The van der Waals surface area contributed by atoms with Gasteiger partial charge >= 0.3 is 0 Å². The lowest BCUT2D eigenvalue weighted by molar-refractivity contribution is -0.132. The number of carbonyl (C=O) groups is 1. The van der Waals surface area contributed by atoms with Gasteiger partial charge in [-0.25, -0.2) is 0 Å². The number of hydrogen-bond acceptors (Lipinski definition) is 6. The Bertz CT molecular complexity index is 721. The molecule has 1 aliphatic heterocycles. The van der Waals surface area contributed by atoms with Crippen LogP contribution in [0.3, 0.4) is 0 Å². The van der Waals surface area contributed by atoms with Gasteiger partial charge in [-0.1, -0.05) is 5.16 Å². The summed E-state index contributed by atoms with van der Waals surface area (Å²) in [5, 5.41) is 12.4. The summed E-state index contributed by atoms with van der Waals surface area (Å²) in [6.45, 7) is 10.7. The van der Waals surface area contributed by atoms with Crippen molar-refractivity contribution in [3.8, 4) is 0 Å². The first-order valence-corrected chi connectivity index (χ1v) is 8.74. The molecule has 0 aromatic carbocycles. The maximum atomic E-state index is 13.0. The number of hydrogen-bond donors (Lipinski definition) is 0. The molecule has 3 rings (SSSR count). The Balaban J connectivity index is 1.68. The molecule has 0 aliphatic carbocycles. The second kappa shape index (κ2) is 7.21. The van der Waals surface area contributed by atoms with Crippen molar-refractivity contribution in [2.75, 3.05) is 31.1 Å². The molecule has 1 saturated heterocycles. The molecule has 2 aromatic heterocycles. The molecule has 25 heavy (non-hydrogen) atoms. The van der Waals surface area contributed by atoms with Crippen molar-refractivity contribution in [1.82, 2.24) is 20.3 Å². The second-order valence-electron chi connectivity index (χ2n) is 6.66. The average molecular weight is 343 g/mol. The first kappa shape index (κ1) is 17.4. The van der Waals surface area contributed by atoms with E-state index in [1.54, 1.807) is 0 Å². The Kier molecular flexibility index (Phi) is 5.01. The van der Waals surface area contributed by atoms with Crippen LogP contribution in [0.1, 0.15) is 42.0 Å². The summed E-state index contributed by atoms with van der Waals surface area (Å²) >= 11 is 0.